The third kappa shape index (κ3) is 6.99. The molecule has 0 radical (unpaired) electrons. The van der Waals surface area contributed by atoms with E-state index in [1.54, 1.807) is 29.3 Å². The van der Waals surface area contributed by atoms with Gasteiger partial charge in [-0.1, -0.05) is 35.3 Å². The van der Waals surface area contributed by atoms with Crippen LogP contribution >= 0.6 is 23.2 Å². The number of nitrogens with one attached hydrogen (secondary N) is 4. The Kier molecular flexibility index (Phi) is 9.38. The van der Waals surface area contributed by atoms with Gasteiger partial charge in [0.1, 0.15) is 12.4 Å². The molecule has 1 aliphatic rings. The lowest BCUT2D eigenvalue weighted by atomic mass is 10.1. The normalized spacial score (nSPS) is 14.4. The zero-order chi connectivity index (χ0) is 24.5. The van der Waals surface area contributed by atoms with Crippen molar-refractivity contribution in [3.63, 3.8) is 0 Å². The van der Waals surface area contributed by atoms with Crippen molar-refractivity contribution in [1.82, 2.24) is 15.6 Å². The number of hydrogen-bond donors (Lipinski definition) is 5. The first-order valence-electron chi connectivity index (χ1n) is 10.7. The van der Waals surface area contributed by atoms with Crippen molar-refractivity contribution in [2.45, 2.75) is 13.3 Å². The van der Waals surface area contributed by atoms with Crippen molar-refractivity contribution < 1.29 is 14.2 Å². The molecule has 0 spiro atoms. The summed E-state index contributed by atoms with van der Waals surface area (Å²) in [5.41, 5.74) is 5.72. The summed E-state index contributed by atoms with van der Waals surface area (Å²) in [5.74, 6) is -0.864. The van der Waals surface area contributed by atoms with Crippen LogP contribution in [0.5, 0.6) is 5.75 Å². The SMILES string of the molecule is Cc1cccc(Cl)c1Nc1cc(Cl)c(O)c(C/C=N\NCNC=C(F)C(=N)N2CCOCC2)c1. The van der Waals surface area contributed by atoms with Gasteiger partial charge < -0.3 is 25.4 Å². The minimum Gasteiger partial charge on any atom is -0.506 e. The van der Waals surface area contributed by atoms with Gasteiger partial charge in [-0.05, 0) is 30.7 Å². The topological polar surface area (TPSA) is 105 Å². The number of aromatic hydroxyl groups is 1. The number of morpholine rings is 1. The summed E-state index contributed by atoms with van der Waals surface area (Å²) >= 11 is 12.5. The van der Waals surface area contributed by atoms with E-state index in [-0.39, 0.29) is 23.3 Å². The van der Waals surface area contributed by atoms with Crippen molar-refractivity contribution in [3.05, 3.63) is 63.5 Å². The second kappa shape index (κ2) is 12.5. The van der Waals surface area contributed by atoms with Gasteiger partial charge in [0, 0.05) is 43.2 Å². The summed E-state index contributed by atoms with van der Waals surface area (Å²) in [7, 11) is 0. The van der Waals surface area contributed by atoms with Crippen molar-refractivity contribution in [1.29, 1.82) is 5.41 Å². The first-order valence-corrected chi connectivity index (χ1v) is 11.4. The van der Waals surface area contributed by atoms with E-state index in [9.17, 15) is 9.50 Å². The molecule has 0 atom stereocenters. The van der Waals surface area contributed by atoms with Gasteiger partial charge >= 0.3 is 0 Å². The zero-order valence-electron chi connectivity index (χ0n) is 18.7. The third-order valence-electron chi connectivity index (χ3n) is 5.09. The molecular weight excluding hydrogens is 482 g/mol. The number of amidine groups is 1. The summed E-state index contributed by atoms with van der Waals surface area (Å²) < 4.78 is 19.3. The molecule has 0 amide bonds. The number of anilines is 2. The molecule has 34 heavy (non-hydrogen) atoms. The number of rotatable bonds is 9. The van der Waals surface area contributed by atoms with E-state index in [0.717, 1.165) is 17.5 Å². The highest BCUT2D eigenvalue weighted by molar-refractivity contribution is 6.34. The fourth-order valence-corrected chi connectivity index (χ4v) is 3.77. The van der Waals surface area contributed by atoms with E-state index in [1.165, 1.54) is 0 Å². The Morgan fingerprint density at radius 3 is 2.76 bits per heavy atom. The number of hydrazone groups is 1. The van der Waals surface area contributed by atoms with E-state index in [0.29, 0.717) is 49.0 Å². The minimum atomic E-state index is -0.662. The maximum absolute atomic E-state index is 14.1. The monoisotopic (exact) mass is 508 g/mol. The first kappa shape index (κ1) is 25.6. The average Bonchev–Trinajstić information content (AvgIpc) is 2.83. The van der Waals surface area contributed by atoms with Crippen LogP contribution in [0, 0.1) is 12.3 Å². The summed E-state index contributed by atoms with van der Waals surface area (Å²) in [5, 5.41) is 29.0. The molecule has 2 aromatic rings. The lowest BCUT2D eigenvalue weighted by Crippen LogP contribution is -2.40. The highest BCUT2D eigenvalue weighted by atomic mass is 35.5. The smallest absolute Gasteiger partial charge is 0.180 e. The van der Waals surface area contributed by atoms with E-state index < -0.39 is 5.83 Å². The number of para-hydroxylation sites is 1. The molecule has 3 rings (SSSR count). The Hall–Kier alpha value is -3.01. The third-order valence-corrected chi connectivity index (χ3v) is 5.69. The maximum atomic E-state index is 14.1. The number of phenols is 1. The number of halogens is 3. The fourth-order valence-electron chi connectivity index (χ4n) is 3.27. The van der Waals surface area contributed by atoms with Gasteiger partial charge in [-0.25, -0.2) is 4.39 Å². The molecule has 0 unspecified atom stereocenters. The number of nitrogens with zero attached hydrogens (tertiary/aromatic N) is 2. The Bertz CT molecular complexity index is 1050. The van der Waals surface area contributed by atoms with Gasteiger partial charge in [-0.2, -0.15) is 5.10 Å². The summed E-state index contributed by atoms with van der Waals surface area (Å²) in [4.78, 5) is 1.62. The number of aryl methyl sites for hydroxylation is 1. The molecule has 1 heterocycles. The Morgan fingerprint density at radius 2 is 2.03 bits per heavy atom. The Balaban J connectivity index is 1.51. The molecule has 0 bridgehead atoms. The average molecular weight is 509 g/mol. The highest BCUT2D eigenvalue weighted by Crippen LogP contribution is 2.35. The Morgan fingerprint density at radius 1 is 1.26 bits per heavy atom. The lowest BCUT2D eigenvalue weighted by molar-refractivity contribution is 0.0673. The van der Waals surface area contributed by atoms with E-state index in [2.05, 4.69) is 21.2 Å². The van der Waals surface area contributed by atoms with Crippen LogP contribution in [0.15, 0.2) is 47.5 Å². The van der Waals surface area contributed by atoms with Crippen molar-refractivity contribution in [2.75, 3.05) is 38.3 Å². The van der Waals surface area contributed by atoms with Crippen LogP contribution in [-0.4, -0.2) is 55.0 Å². The quantitative estimate of drug-likeness (QED) is 0.0850. The van der Waals surface area contributed by atoms with Gasteiger partial charge in [0.25, 0.3) is 0 Å². The van der Waals surface area contributed by atoms with Crippen LogP contribution in [0.25, 0.3) is 0 Å². The standard InChI is InChI=1S/C23H27Cl2FN6O2/c1-15-3-2-4-18(24)21(15)31-17-11-16(22(33)19(25)12-17)5-6-29-30-14-28-13-20(26)23(27)32-7-9-34-10-8-32/h2-4,6,11-13,27-28,30-31,33H,5,7-10,14H2,1H3/b20-13?,27-23?,29-6-. The lowest BCUT2D eigenvalue weighted by Gasteiger charge is -2.28. The molecule has 0 saturated carbocycles. The molecular formula is C23H27Cl2FN6O2. The molecule has 1 fully saturated rings. The molecule has 2 aromatic carbocycles. The molecule has 11 heteroatoms. The van der Waals surface area contributed by atoms with Crippen LogP contribution in [0.3, 0.4) is 0 Å². The van der Waals surface area contributed by atoms with Gasteiger partial charge in [-0.15, -0.1) is 0 Å². The highest BCUT2D eigenvalue weighted by Gasteiger charge is 2.17. The number of phenolic OH excluding ortho intramolecular Hbond substituents is 1. The predicted molar refractivity (Wildman–Crippen MR) is 135 cm³/mol. The van der Waals surface area contributed by atoms with Gasteiger partial charge in [-0.3, -0.25) is 10.8 Å². The Labute approximate surface area is 207 Å². The zero-order valence-corrected chi connectivity index (χ0v) is 20.2. The van der Waals surface area contributed by atoms with Crippen LogP contribution in [0.2, 0.25) is 10.0 Å². The fraction of sp³-hybridized carbons (Fsp3) is 0.304. The van der Waals surface area contributed by atoms with E-state index in [4.69, 9.17) is 33.3 Å². The molecule has 5 N–H and O–H groups in total. The maximum Gasteiger partial charge on any atom is 0.180 e. The van der Waals surface area contributed by atoms with Crippen LogP contribution in [-0.2, 0) is 11.2 Å². The van der Waals surface area contributed by atoms with Gasteiger partial charge in [0.05, 0.1) is 28.9 Å². The molecule has 182 valence electrons. The van der Waals surface area contributed by atoms with E-state index >= 15 is 0 Å². The predicted octanol–water partition coefficient (Wildman–Crippen LogP) is 4.54. The molecule has 1 aliphatic heterocycles. The second-order valence-electron chi connectivity index (χ2n) is 7.52. The van der Waals surface area contributed by atoms with Crippen molar-refractivity contribution in [2.24, 2.45) is 5.10 Å². The summed E-state index contributed by atoms with van der Waals surface area (Å²) in [6, 6.07) is 8.99. The molecule has 8 nitrogen and oxygen atoms in total. The van der Waals surface area contributed by atoms with Crippen molar-refractivity contribution >= 4 is 46.6 Å². The first-order chi connectivity index (χ1) is 16.4. The van der Waals surface area contributed by atoms with Gasteiger partial charge in [0.2, 0.25) is 0 Å². The second-order valence-corrected chi connectivity index (χ2v) is 8.33. The van der Waals surface area contributed by atoms with Crippen LogP contribution in [0.4, 0.5) is 15.8 Å². The van der Waals surface area contributed by atoms with Gasteiger partial charge in [0.15, 0.2) is 11.7 Å². The number of benzene rings is 2. The number of ether oxygens (including phenoxy) is 1. The molecule has 0 aromatic heterocycles. The molecule has 0 aliphatic carbocycles. The summed E-state index contributed by atoms with van der Waals surface area (Å²) in [6.45, 7) is 4.05. The number of hydrogen-bond acceptors (Lipinski definition) is 7. The molecule has 1 saturated heterocycles. The van der Waals surface area contributed by atoms with E-state index in [1.807, 2.05) is 19.1 Å². The largest absolute Gasteiger partial charge is 0.506 e. The van der Waals surface area contributed by atoms with Crippen molar-refractivity contribution in [3.8, 4) is 5.75 Å². The van der Waals surface area contributed by atoms with Crippen LogP contribution in [0.1, 0.15) is 11.1 Å². The van der Waals surface area contributed by atoms with Crippen LogP contribution < -0.4 is 16.1 Å². The minimum absolute atomic E-state index is 0.0284. The summed E-state index contributed by atoms with van der Waals surface area (Å²) in [6.07, 6.45) is 2.99.